The second-order valence-electron chi connectivity index (χ2n) is 4.99. The maximum Gasteiger partial charge on any atom is 0.249 e. The van der Waals surface area contributed by atoms with Crippen molar-refractivity contribution < 1.29 is 13.9 Å². The van der Waals surface area contributed by atoms with Crippen LogP contribution in [-0.4, -0.2) is 22.0 Å². The molecular formula is C16H12FN5O2. The highest BCUT2D eigenvalue weighted by molar-refractivity contribution is 5.62. The van der Waals surface area contributed by atoms with Crippen LogP contribution in [0, 0.1) is 5.82 Å². The zero-order valence-corrected chi connectivity index (χ0v) is 12.4. The Labute approximate surface area is 136 Å². The predicted molar refractivity (Wildman–Crippen MR) is 85.4 cm³/mol. The molecule has 0 radical (unpaired) electrons. The molecule has 0 saturated carbocycles. The summed E-state index contributed by atoms with van der Waals surface area (Å²) >= 11 is 0. The van der Waals surface area contributed by atoms with E-state index in [9.17, 15) is 4.39 Å². The Bertz CT molecular complexity index is 890. The maximum absolute atomic E-state index is 13.2. The minimum atomic E-state index is -0.345. The standard InChI is InChI=1S/C16H12FN5O2/c17-10-2-1-3-11(6-10)20-16-21-15(8-18-22-16)19-12-4-5-13-14(7-12)24-9-23-13/h1-8H,9H2,(H2,19,20,21,22). The third kappa shape index (κ3) is 3.02. The SMILES string of the molecule is Fc1cccc(Nc2nncc(Nc3ccc4c(c3)OCO4)n2)c1. The van der Waals surface area contributed by atoms with Crippen molar-refractivity contribution in [1.82, 2.24) is 15.2 Å². The van der Waals surface area contributed by atoms with Crippen LogP contribution in [-0.2, 0) is 0 Å². The lowest BCUT2D eigenvalue weighted by atomic mass is 10.3. The topological polar surface area (TPSA) is 81.2 Å². The van der Waals surface area contributed by atoms with Crippen LogP contribution in [0.25, 0.3) is 0 Å². The molecule has 0 saturated heterocycles. The number of nitrogens with one attached hydrogen (secondary N) is 2. The number of ether oxygens (including phenoxy) is 2. The molecule has 1 aliphatic heterocycles. The zero-order valence-electron chi connectivity index (χ0n) is 12.4. The molecule has 7 nitrogen and oxygen atoms in total. The van der Waals surface area contributed by atoms with Crippen molar-refractivity contribution in [1.29, 1.82) is 0 Å². The number of benzene rings is 2. The summed E-state index contributed by atoms with van der Waals surface area (Å²) in [6.45, 7) is 0.218. The number of rotatable bonds is 4. The van der Waals surface area contributed by atoms with Crippen LogP contribution >= 0.6 is 0 Å². The van der Waals surface area contributed by atoms with Crippen molar-refractivity contribution in [3.8, 4) is 11.5 Å². The molecule has 2 heterocycles. The average molecular weight is 325 g/mol. The molecule has 120 valence electrons. The molecule has 0 fully saturated rings. The van der Waals surface area contributed by atoms with Crippen LogP contribution in [0.3, 0.4) is 0 Å². The summed E-state index contributed by atoms with van der Waals surface area (Å²) in [5.74, 6) is 1.77. The largest absolute Gasteiger partial charge is 0.454 e. The third-order valence-electron chi connectivity index (χ3n) is 3.28. The summed E-state index contributed by atoms with van der Waals surface area (Å²) in [6.07, 6.45) is 1.49. The zero-order chi connectivity index (χ0) is 16.4. The predicted octanol–water partition coefficient (Wildman–Crippen LogP) is 3.23. The van der Waals surface area contributed by atoms with E-state index in [-0.39, 0.29) is 18.6 Å². The molecule has 0 bridgehead atoms. The molecule has 8 heteroatoms. The lowest BCUT2D eigenvalue weighted by Gasteiger charge is -2.08. The van der Waals surface area contributed by atoms with Crippen LogP contribution in [0.15, 0.2) is 48.7 Å². The van der Waals surface area contributed by atoms with Gasteiger partial charge in [-0.2, -0.15) is 10.1 Å². The quantitative estimate of drug-likeness (QED) is 0.762. The van der Waals surface area contributed by atoms with Gasteiger partial charge in [0.2, 0.25) is 12.7 Å². The van der Waals surface area contributed by atoms with Gasteiger partial charge in [0, 0.05) is 17.4 Å². The van der Waals surface area contributed by atoms with E-state index in [0.717, 1.165) is 5.69 Å². The van der Waals surface area contributed by atoms with Gasteiger partial charge in [-0.1, -0.05) is 6.07 Å². The molecule has 1 aliphatic rings. The molecule has 2 N–H and O–H groups in total. The molecular weight excluding hydrogens is 313 g/mol. The first-order valence-corrected chi connectivity index (χ1v) is 7.15. The van der Waals surface area contributed by atoms with E-state index < -0.39 is 0 Å². The lowest BCUT2D eigenvalue weighted by molar-refractivity contribution is 0.174. The Morgan fingerprint density at radius 1 is 0.958 bits per heavy atom. The molecule has 3 aromatic rings. The summed E-state index contributed by atoms with van der Waals surface area (Å²) in [6, 6.07) is 11.5. The number of anilines is 4. The number of halogens is 1. The lowest BCUT2D eigenvalue weighted by Crippen LogP contribution is -2.02. The van der Waals surface area contributed by atoms with Crippen molar-refractivity contribution in [2.45, 2.75) is 0 Å². The molecule has 0 unspecified atom stereocenters. The van der Waals surface area contributed by atoms with Gasteiger partial charge in [-0.25, -0.2) is 4.39 Å². The van der Waals surface area contributed by atoms with Gasteiger partial charge in [0.15, 0.2) is 17.3 Å². The molecule has 0 atom stereocenters. The van der Waals surface area contributed by atoms with E-state index in [0.29, 0.717) is 23.0 Å². The van der Waals surface area contributed by atoms with Crippen molar-refractivity contribution >= 4 is 23.1 Å². The number of hydrogen-bond donors (Lipinski definition) is 2. The summed E-state index contributed by atoms with van der Waals surface area (Å²) in [4.78, 5) is 4.30. The highest BCUT2D eigenvalue weighted by atomic mass is 19.1. The van der Waals surface area contributed by atoms with Crippen LogP contribution in [0.5, 0.6) is 11.5 Å². The minimum absolute atomic E-state index is 0.218. The fourth-order valence-electron chi connectivity index (χ4n) is 2.23. The Morgan fingerprint density at radius 2 is 1.83 bits per heavy atom. The Morgan fingerprint density at radius 3 is 2.75 bits per heavy atom. The Hall–Kier alpha value is -3.42. The molecule has 1 aromatic heterocycles. The molecule has 4 rings (SSSR count). The third-order valence-corrected chi connectivity index (χ3v) is 3.28. The molecule has 0 spiro atoms. The van der Waals surface area contributed by atoms with E-state index in [2.05, 4.69) is 25.8 Å². The van der Waals surface area contributed by atoms with Gasteiger partial charge < -0.3 is 20.1 Å². The average Bonchev–Trinajstić information content (AvgIpc) is 3.03. The van der Waals surface area contributed by atoms with Gasteiger partial charge in [-0.05, 0) is 30.3 Å². The van der Waals surface area contributed by atoms with E-state index in [4.69, 9.17) is 9.47 Å². The van der Waals surface area contributed by atoms with Gasteiger partial charge in [0.05, 0.1) is 6.20 Å². The monoisotopic (exact) mass is 325 g/mol. The second kappa shape index (κ2) is 5.99. The van der Waals surface area contributed by atoms with Crippen molar-refractivity contribution in [2.75, 3.05) is 17.4 Å². The van der Waals surface area contributed by atoms with E-state index in [1.807, 2.05) is 18.2 Å². The Balaban J connectivity index is 1.52. The number of fused-ring (bicyclic) bond motifs is 1. The normalized spacial score (nSPS) is 12.0. The minimum Gasteiger partial charge on any atom is -0.454 e. The first-order valence-electron chi connectivity index (χ1n) is 7.15. The van der Waals surface area contributed by atoms with E-state index in [1.54, 1.807) is 12.1 Å². The first kappa shape index (κ1) is 14.2. The summed E-state index contributed by atoms with van der Waals surface area (Å²) in [5.41, 5.74) is 1.31. The van der Waals surface area contributed by atoms with E-state index in [1.165, 1.54) is 18.3 Å². The molecule has 0 aliphatic carbocycles. The van der Waals surface area contributed by atoms with Gasteiger partial charge >= 0.3 is 0 Å². The summed E-state index contributed by atoms with van der Waals surface area (Å²) < 4.78 is 23.8. The first-order chi connectivity index (χ1) is 11.8. The van der Waals surface area contributed by atoms with E-state index >= 15 is 0 Å². The van der Waals surface area contributed by atoms with Crippen LogP contribution < -0.4 is 20.1 Å². The smallest absolute Gasteiger partial charge is 0.249 e. The highest BCUT2D eigenvalue weighted by Crippen LogP contribution is 2.34. The van der Waals surface area contributed by atoms with Crippen LogP contribution in [0.4, 0.5) is 27.5 Å². The number of hydrogen-bond acceptors (Lipinski definition) is 7. The van der Waals surface area contributed by atoms with Gasteiger partial charge in [-0.3, -0.25) is 0 Å². The number of aromatic nitrogens is 3. The summed E-state index contributed by atoms with van der Waals surface area (Å²) in [5, 5.41) is 13.8. The van der Waals surface area contributed by atoms with Gasteiger partial charge in [0.1, 0.15) is 5.82 Å². The molecule has 0 amide bonds. The van der Waals surface area contributed by atoms with Crippen molar-refractivity contribution in [2.24, 2.45) is 0 Å². The van der Waals surface area contributed by atoms with Crippen molar-refractivity contribution in [3.63, 3.8) is 0 Å². The fraction of sp³-hybridized carbons (Fsp3) is 0.0625. The highest BCUT2D eigenvalue weighted by Gasteiger charge is 2.13. The summed E-state index contributed by atoms with van der Waals surface area (Å²) in [7, 11) is 0. The Kier molecular flexibility index (Phi) is 3.54. The van der Waals surface area contributed by atoms with Crippen LogP contribution in [0.1, 0.15) is 0 Å². The fourth-order valence-corrected chi connectivity index (χ4v) is 2.23. The van der Waals surface area contributed by atoms with Crippen molar-refractivity contribution in [3.05, 3.63) is 54.5 Å². The maximum atomic E-state index is 13.2. The second-order valence-corrected chi connectivity index (χ2v) is 4.99. The van der Waals surface area contributed by atoms with Crippen LogP contribution in [0.2, 0.25) is 0 Å². The number of nitrogens with zero attached hydrogens (tertiary/aromatic N) is 3. The molecule has 24 heavy (non-hydrogen) atoms. The van der Waals surface area contributed by atoms with Gasteiger partial charge in [-0.15, -0.1) is 5.10 Å². The van der Waals surface area contributed by atoms with Gasteiger partial charge in [0.25, 0.3) is 0 Å². The molecule has 2 aromatic carbocycles.